The van der Waals surface area contributed by atoms with Crippen LogP contribution < -0.4 is 0 Å². The number of aliphatic hydroxyl groups is 1. The number of halogens is 1. The van der Waals surface area contributed by atoms with E-state index in [0.29, 0.717) is 6.54 Å². The van der Waals surface area contributed by atoms with Crippen molar-refractivity contribution in [3.63, 3.8) is 0 Å². The number of benzene rings is 2. The molecule has 2 aromatic rings. The van der Waals surface area contributed by atoms with Crippen LogP contribution in [0, 0.1) is 0 Å². The van der Waals surface area contributed by atoms with Gasteiger partial charge in [0, 0.05) is 11.6 Å². The Morgan fingerprint density at radius 2 is 1.43 bits per heavy atom. The topological polar surface area (TPSA) is 23.5 Å². The highest BCUT2D eigenvalue weighted by Gasteiger charge is 2.26. The normalized spacial score (nSPS) is 18.6. The zero-order chi connectivity index (χ0) is 16.3. The van der Waals surface area contributed by atoms with Crippen molar-refractivity contribution in [2.45, 2.75) is 31.8 Å². The summed E-state index contributed by atoms with van der Waals surface area (Å²) in [6.07, 6.45) is 3.80. The molecule has 3 heteroatoms. The van der Waals surface area contributed by atoms with Crippen molar-refractivity contribution in [3.05, 3.63) is 59.1 Å². The van der Waals surface area contributed by atoms with Crippen LogP contribution >= 0.6 is 11.6 Å². The van der Waals surface area contributed by atoms with Gasteiger partial charge < -0.3 is 10.0 Å². The summed E-state index contributed by atoms with van der Waals surface area (Å²) in [5.74, 6) is 0. The van der Waals surface area contributed by atoms with E-state index in [1.165, 1.54) is 19.3 Å². The molecule has 2 aromatic carbocycles. The molecule has 0 aliphatic carbocycles. The molecule has 1 aliphatic heterocycles. The number of hydrogen-bond donors (Lipinski definition) is 1. The van der Waals surface area contributed by atoms with Crippen molar-refractivity contribution in [2.24, 2.45) is 0 Å². The summed E-state index contributed by atoms with van der Waals surface area (Å²) in [5, 5.41) is 11.6. The zero-order valence-electron chi connectivity index (χ0n) is 13.6. The molecule has 0 amide bonds. The predicted octanol–water partition coefficient (Wildman–Crippen LogP) is 4.70. The van der Waals surface area contributed by atoms with Gasteiger partial charge in [0.25, 0.3) is 0 Å². The second-order valence-corrected chi connectivity index (χ2v) is 7.13. The minimum Gasteiger partial charge on any atom is -0.384 e. The van der Waals surface area contributed by atoms with Crippen LogP contribution in [0.25, 0.3) is 11.1 Å². The lowest BCUT2D eigenvalue weighted by Gasteiger charge is -2.34. The SMILES string of the molecule is CC(O)(CN1CCCCC1)c1ccc(-c2ccc(Cl)cc2)cc1. The average Bonchev–Trinajstić information content (AvgIpc) is 2.56. The van der Waals surface area contributed by atoms with Crippen LogP contribution in [0.4, 0.5) is 0 Å². The maximum atomic E-state index is 10.9. The highest BCUT2D eigenvalue weighted by Crippen LogP contribution is 2.27. The van der Waals surface area contributed by atoms with E-state index in [0.717, 1.165) is 34.8 Å². The van der Waals surface area contributed by atoms with Crippen LogP contribution in [0.15, 0.2) is 48.5 Å². The van der Waals surface area contributed by atoms with Gasteiger partial charge in [0.2, 0.25) is 0 Å². The molecule has 3 rings (SSSR count). The van der Waals surface area contributed by atoms with Crippen molar-refractivity contribution >= 4 is 11.6 Å². The van der Waals surface area contributed by atoms with E-state index >= 15 is 0 Å². The molecule has 2 nitrogen and oxygen atoms in total. The van der Waals surface area contributed by atoms with Gasteiger partial charge in [-0.25, -0.2) is 0 Å². The van der Waals surface area contributed by atoms with Crippen LogP contribution in [0.1, 0.15) is 31.7 Å². The Balaban J connectivity index is 1.73. The van der Waals surface area contributed by atoms with E-state index in [2.05, 4.69) is 17.0 Å². The third kappa shape index (κ3) is 4.14. The summed E-state index contributed by atoms with van der Waals surface area (Å²) in [6.45, 7) is 4.81. The lowest BCUT2D eigenvalue weighted by atomic mass is 9.92. The highest BCUT2D eigenvalue weighted by atomic mass is 35.5. The molecule has 1 saturated heterocycles. The van der Waals surface area contributed by atoms with E-state index in [4.69, 9.17) is 11.6 Å². The lowest BCUT2D eigenvalue weighted by Crippen LogP contribution is -2.41. The van der Waals surface area contributed by atoms with Crippen molar-refractivity contribution < 1.29 is 5.11 Å². The predicted molar refractivity (Wildman–Crippen MR) is 96.7 cm³/mol. The number of likely N-dealkylation sites (tertiary alicyclic amines) is 1. The van der Waals surface area contributed by atoms with Crippen LogP contribution in [-0.2, 0) is 5.60 Å². The fourth-order valence-electron chi connectivity index (χ4n) is 3.31. The molecule has 23 heavy (non-hydrogen) atoms. The maximum Gasteiger partial charge on any atom is 0.0994 e. The van der Waals surface area contributed by atoms with Gasteiger partial charge in [0.15, 0.2) is 0 Å². The molecule has 1 aliphatic rings. The van der Waals surface area contributed by atoms with Crippen LogP contribution in [-0.4, -0.2) is 29.6 Å². The molecule has 0 aromatic heterocycles. The fourth-order valence-corrected chi connectivity index (χ4v) is 3.43. The minimum absolute atomic E-state index is 0.702. The highest BCUT2D eigenvalue weighted by molar-refractivity contribution is 6.30. The molecule has 0 saturated carbocycles. The van der Waals surface area contributed by atoms with Gasteiger partial charge in [-0.3, -0.25) is 0 Å². The number of hydrogen-bond acceptors (Lipinski definition) is 2. The van der Waals surface area contributed by atoms with Gasteiger partial charge in [0.05, 0.1) is 5.60 Å². The Kier molecular flexibility index (Phi) is 5.05. The summed E-state index contributed by atoms with van der Waals surface area (Å²) in [5.41, 5.74) is 2.44. The molecular weight excluding hydrogens is 306 g/mol. The first-order valence-corrected chi connectivity index (χ1v) is 8.74. The van der Waals surface area contributed by atoms with E-state index in [1.807, 2.05) is 43.3 Å². The van der Waals surface area contributed by atoms with E-state index in [-0.39, 0.29) is 0 Å². The Labute approximate surface area is 143 Å². The first-order chi connectivity index (χ1) is 11.0. The molecule has 1 unspecified atom stereocenters. The standard InChI is InChI=1S/C20H24ClNO/c1-20(23,15-22-13-3-2-4-14-22)18-9-5-16(6-10-18)17-7-11-19(21)12-8-17/h5-12,23H,2-4,13-15H2,1H3. The maximum absolute atomic E-state index is 10.9. The molecule has 122 valence electrons. The third-order valence-corrected chi connectivity index (χ3v) is 4.92. The Bertz CT molecular complexity index is 628. The summed E-state index contributed by atoms with van der Waals surface area (Å²) in [4.78, 5) is 2.37. The summed E-state index contributed by atoms with van der Waals surface area (Å²) >= 11 is 5.94. The largest absolute Gasteiger partial charge is 0.384 e. The Morgan fingerprint density at radius 3 is 2.00 bits per heavy atom. The second-order valence-electron chi connectivity index (χ2n) is 6.69. The molecule has 0 bridgehead atoms. The monoisotopic (exact) mass is 329 g/mol. The fraction of sp³-hybridized carbons (Fsp3) is 0.400. The zero-order valence-corrected chi connectivity index (χ0v) is 14.4. The minimum atomic E-state index is -0.810. The molecule has 1 heterocycles. The van der Waals surface area contributed by atoms with Gasteiger partial charge in [0.1, 0.15) is 0 Å². The number of nitrogens with zero attached hydrogens (tertiary/aromatic N) is 1. The molecule has 0 spiro atoms. The average molecular weight is 330 g/mol. The van der Waals surface area contributed by atoms with Gasteiger partial charge in [-0.15, -0.1) is 0 Å². The molecule has 0 radical (unpaired) electrons. The third-order valence-electron chi connectivity index (χ3n) is 4.66. The van der Waals surface area contributed by atoms with Crippen molar-refractivity contribution in [2.75, 3.05) is 19.6 Å². The molecular formula is C20H24ClNO. The summed E-state index contributed by atoms with van der Waals surface area (Å²) in [7, 11) is 0. The van der Waals surface area contributed by atoms with Crippen LogP contribution in [0.2, 0.25) is 5.02 Å². The molecule has 1 fully saturated rings. The van der Waals surface area contributed by atoms with Crippen LogP contribution in [0.5, 0.6) is 0 Å². The van der Waals surface area contributed by atoms with Gasteiger partial charge in [-0.1, -0.05) is 54.4 Å². The number of β-amino-alcohol motifs (C(OH)–C–C–N with tert-alkyl or cyclic N) is 1. The Morgan fingerprint density at radius 1 is 0.913 bits per heavy atom. The summed E-state index contributed by atoms with van der Waals surface area (Å²) < 4.78 is 0. The first-order valence-electron chi connectivity index (χ1n) is 8.36. The van der Waals surface area contributed by atoms with Crippen molar-refractivity contribution in [1.82, 2.24) is 4.90 Å². The molecule has 1 N–H and O–H groups in total. The first kappa shape index (κ1) is 16.5. The Hall–Kier alpha value is -1.35. The van der Waals surface area contributed by atoms with E-state index in [1.54, 1.807) is 0 Å². The quantitative estimate of drug-likeness (QED) is 0.878. The van der Waals surface area contributed by atoms with Gasteiger partial charge >= 0.3 is 0 Å². The van der Waals surface area contributed by atoms with Gasteiger partial charge in [-0.05, 0) is 61.7 Å². The lowest BCUT2D eigenvalue weighted by molar-refractivity contribution is 0.0105. The van der Waals surface area contributed by atoms with E-state index < -0.39 is 5.60 Å². The van der Waals surface area contributed by atoms with Crippen molar-refractivity contribution in [3.8, 4) is 11.1 Å². The smallest absolute Gasteiger partial charge is 0.0994 e. The number of piperidine rings is 1. The van der Waals surface area contributed by atoms with E-state index in [9.17, 15) is 5.11 Å². The van der Waals surface area contributed by atoms with Crippen molar-refractivity contribution in [1.29, 1.82) is 0 Å². The summed E-state index contributed by atoms with van der Waals surface area (Å²) in [6, 6.07) is 16.1. The molecule has 1 atom stereocenters. The van der Waals surface area contributed by atoms with Crippen LogP contribution in [0.3, 0.4) is 0 Å². The second kappa shape index (κ2) is 7.04. The number of rotatable bonds is 4. The van der Waals surface area contributed by atoms with Gasteiger partial charge in [-0.2, -0.15) is 0 Å².